The van der Waals surface area contributed by atoms with Crippen molar-refractivity contribution in [3.8, 4) is 5.75 Å². The summed E-state index contributed by atoms with van der Waals surface area (Å²) in [5, 5.41) is 2.37. The molecule has 9 heteroatoms. The summed E-state index contributed by atoms with van der Waals surface area (Å²) in [6.45, 7) is 1.43. The summed E-state index contributed by atoms with van der Waals surface area (Å²) in [6.07, 6.45) is 1.59. The Labute approximate surface area is 148 Å². The van der Waals surface area contributed by atoms with Crippen molar-refractivity contribution in [3.63, 3.8) is 0 Å². The lowest BCUT2D eigenvalue weighted by Crippen LogP contribution is -2.29. The van der Waals surface area contributed by atoms with E-state index in [1.807, 2.05) is 7.05 Å². The maximum atomic E-state index is 12.6. The van der Waals surface area contributed by atoms with Crippen LogP contribution in [0.3, 0.4) is 0 Å². The normalized spacial score (nSPS) is 20.0. The zero-order valence-electron chi connectivity index (χ0n) is 14.8. The summed E-state index contributed by atoms with van der Waals surface area (Å²) >= 11 is 0. The van der Waals surface area contributed by atoms with Crippen LogP contribution in [0.25, 0.3) is 0 Å². The van der Waals surface area contributed by atoms with Gasteiger partial charge in [0, 0.05) is 20.2 Å². The molecule has 1 N–H and O–H groups in total. The molecular formula is C16H25N2O6P. The number of hydrogen-bond acceptors (Lipinski definition) is 7. The zero-order chi connectivity index (χ0) is 18.3. The van der Waals surface area contributed by atoms with Crippen LogP contribution in [0.4, 0.5) is 4.79 Å². The lowest BCUT2D eigenvalue weighted by molar-refractivity contribution is 0.138. The zero-order valence-corrected chi connectivity index (χ0v) is 15.7. The Hall–Kier alpha value is -1.60. The number of carbonyl (C=O) groups is 1. The fourth-order valence-corrected chi connectivity index (χ4v) is 3.45. The first kappa shape index (κ1) is 19.7. The molecule has 0 saturated carbocycles. The Bertz CT molecular complexity index is 609. The maximum Gasteiger partial charge on any atom is 0.529 e. The standard InChI is InChI=1S/C16H25N2O6P/c1-17-16(19)22-11-13-6-8-15(9-7-13)24-25(20,21-3)23-12-14-5-4-10-18(14)2/h6-9,14H,4-5,10-12H2,1-3H3,(H,17,19). The average molecular weight is 372 g/mol. The predicted octanol–water partition coefficient (Wildman–Crippen LogP) is 2.79. The minimum absolute atomic E-state index is 0.131. The quantitative estimate of drug-likeness (QED) is 0.702. The molecule has 1 amide bonds. The fourth-order valence-electron chi connectivity index (χ4n) is 2.48. The molecule has 1 aromatic carbocycles. The van der Waals surface area contributed by atoms with Crippen LogP contribution in [0.2, 0.25) is 0 Å². The van der Waals surface area contributed by atoms with E-state index in [4.69, 9.17) is 18.3 Å². The van der Waals surface area contributed by atoms with Gasteiger partial charge in [0.25, 0.3) is 0 Å². The Balaban J connectivity index is 1.89. The van der Waals surface area contributed by atoms with E-state index in [2.05, 4.69) is 10.2 Å². The smallest absolute Gasteiger partial charge is 0.445 e. The number of likely N-dealkylation sites (N-methyl/N-ethyl adjacent to an activating group) is 1. The first-order valence-electron chi connectivity index (χ1n) is 8.09. The molecule has 0 aromatic heterocycles. The summed E-state index contributed by atoms with van der Waals surface area (Å²) in [5.41, 5.74) is 0.775. The molecule has 2 rings (SSSR count). The average Bonchev–Trinajstić information content (AvgIpc) is 3.04. The molecular weight excluding hydrogens is 347 g/mol. The van der Waals surface area contributed by atoms with Gasteiger partial charge < -0.3 is 19.5 Å². The van der Waals surface area contributed by atoms with Gasteiger partial charge in [-0.2, -0.15) is 0 Å². The molecule has 8 nitrogen and oxygen atoms in total. The number of phosphoric acid groups is 1. The van der Waals surface area contributed by atoms with Crippen molar-refractivity contribution in [2.24, 2.45) is 0 Å². The van der Waals surface area contributed by atoms with Crippen molar-refractivity contribution < 1.29 is 27.7 Å². The van der Waals surface area contributed by atoms with E-state index < -0.39 is 13.9 Å². The topological polar surface area (TPSA) is 86.3 Å². The van der Waals surface area contributed by atoms with Crippen LogP contribution in [0.5, 0.6) is 5.75 Å². The molecule has 1 aliphatic rings. The van der Waals surface area contributed by atoms with Crippen molar-refractivity contribution in [1.82, 2.24) is 10.2 Å². The molecule has 140 valence electrons. The molecule has 0 aliphatic carbocycles. The van der Waals surface area contributed by atoms with Crippen LogP contribution >= 0.6 is 7.82 Å². The monoisotopic (exact) mass is 372 g/mol. The molecule has 1 aromatic rings. The van der Waals surface area contributed by atoms with Gasteiger partial charge in [-0.3, -0.25) is 9.05 Å². The fraction of sp³-hybridized carbons (Fsp3) is 0.562. The molecule has 0 bridgehead atoms. The minimum Gasteiger partial charge on any atom is -0.445 e. The first-order chi connectivity index (χ1) is 12.0. The van der Waals surface area contributed by atoms with Gasteiger partial charge in [-0.1, -0.05) is 12.1 Å². The number of alkyl carbamates (subject to hydrolysis) is 1. The highest BCUT2D eigenvalue weighted by atomic mass is 31.2. The van der Waals surface area contributed by atoms with Gasteiger partial charge in [-0.15, -0.1) is 0 Å². The van der Waals surface area contributed by atoms with Crippen LogP contribution in [-0.2, 0) is 25.0 Å². The number of hydrogen-bond donors (Lipinski definition) is 1. The summed E-state index contributed by atoms with van der Waals surface area (Å²) in [6, 6.07) is 6.89. The third-order valence-electron chi connectivity index (χ3n) is 4.03. The molecule has 0 radical (unpaired) electrons. The molecule has 2 atom stereocenters. The number of phosphoric ester groups is 1. The Morgan fingerprint density at radius 3 is 2.64 bits per heavy atom. The molecule has 25 heavy (non-hydrogen) atoms. The van der Waals surface area contributed by atoms with E-state index in [0.717, 1.165) is 24.9 Å². The number of amides is 1. The van der Waals surface area contributed by atoms with Gasteiger partial charge in [-0.25, -0.2) is 9.36 Å². The van der Waals surface area contributed by atoms with Crippen LogP contribution in [0.15, 0.2) is 24.3 Å². The second kappa shape index (κ2) is 9.20. The minimum atomic E-state index is -3.67. The van der Waals surface area contributed by atoms with E-state index in [1.54, 1.807) is 24.3 Å². The number of nitrogens with zero attached hydrogens (tertiary/aromatic N) is 1. The van der Waals surface area contributed by atoms with E-state index in [1.165, 1.54) is 14.2 Å². The van der Waals surface area contributed by atoms with Crippen molar-refractivity contribution in [3.05, 3.63) is 29.8 Å². The second-order valence-electron chi connectivity index (χ2n) is 5.76. The van der Waals surface area contributed by atoms with Crippen LogP contribution in [-0.4, -0.2) is 51.4 Å². The highest BCUT2D eigenvalue weighted by Gasteiger charge is 2.30. The Morgan fingerprint density at radius 2 is 2.08 bits per heavy atom. The summed E-state index contributed by atoms with van der Waals surface area (Å²) in [7, 11) is 1.13. The highest BCUT2D eigenvalue weighted by molar-refractivity contribution is 7.48. The largest absolute Gasteiger partial charge is 0.529 e. The molecule has 2 unspecified atom stereocenters. The van der Waals surface area contributed by atoms with Gasteiger partial charge in [0.1, 0.15) is 12.4 Å². The van der Waals surface area contributed by atoms with E-state index >= 15 is 0 Å². The van der Waals surface area contributed by atoms with Gasteiger partial charge in [0.05, 0.1) is 6.61 Å². The lowest BCUT2D eigenvalue weighted by Gasteiger charge is -2.22. The SMILES string of the molecule is CNC(=O)OCc1ccc(OP(=O)(OC)OCC2CCCN2C)cc1. The number of likely N-dealkylation sites (tertiary alicyclic amines) is 1. The maximum absolute atomic E-state index is 12.6. The summed E-state index contributed by atoms with van der Waals surface area (Å²) < 4.78 is 33.4. The lowest BCUT2D eigenvalue weighted by atomic mass is 10.2. The number of carbonyl (C=O) groups excluding carboxylic acids is 1. The van der Waals surface area contributed by atoms with Crippen LogP contribution in [0.1, 0.15) is 18.4 Å². The summed E-state index contributed by atoms with van der Waals surface area (Å²) in [4.78, 5) is 13.2. The van der Waals surface area contributed by atoms with Crippen molar-refractivity contribution in [1.29, 1.82) is 0 Å². The number of rotatable bonds is 8. The third kappa shape index (κ3) is 6.01. The highest BCUT2D eigenvalue weighted by Crippen LogP contribution is 2.49. The molecule has 1 saturated heterocycles. The Kier molecular flexibility index (Phi) is 7.25. The van der Waals surface area contributed by atoms with Gasteiger partial charge in [0.2, 0.25) is 0 Å². The number of nitrogens with one attached hydrogen (secondary N) is 1. The van der Waals surface area contributed by atoms with Crippen molar-refractivity contribution in [2.75, 3.05) is 34.4 Å². The number of benzene rings is 1. The molecule has 1 heterocycles. The van der Waals surface area contributed by atoms with Crippen molar-refractivity contribution >= 4 is 13.9 Å². The van der Waals surface area contributed by atoms with E-state index in [-0.39, 0.29) is 12.6 Å². The van der Waals surface area contributed by atoms with Crippen LogP contribution in [0, 0.1) is 0 Å². The van der Waals surface area contributed by atoms with E-state index in [9.17, 15) is 9.36 Å². The van der Waals surface area contributed by atoms with Gasteiger partial charge in [0.15, 0.2) is 0 Å². The Morgan fingerprint density at radius 1 is 1.36 bits per heavy atom. The van der Waals surface area contributed by atoms with Gasteiger partial charge >= 0.3 is 13.9 Å². The second-order valence-corrected chi connectivity index (χ2v) is 7.46. The third-order valence-corrected chi connectivity index (χ3v) is 5.38. The number of ether oxygens (including phenoxy) is 1. The first-order valence-corrected chi connectivity index (χ1v) is 9.55. The van der Waals surface area contributed by atoms with E-state index in [0.29, 0.717) is 12.4 Å². The molecule has 0 spiro atoms. The molecule has 1 aliphatic heterocycles. The van der Waals surface area contributed by atoms with Crippen LogP contribution < -0.4 is 9.84 Å². The van der Waals surface area contributed by atoms with Gasteiger partial charge in [-0.05, 0) is 44.1 Å². The summed E-state index contributed by atoms with van der Waals surface area (Å²) in [5.74, 6) is 0.355. The molecule has 1 fully saturated rings. The van der Waals surface area contributed by atoms with Crippen molar-refractivity contribution in [2.45, 2.75) is 25.5 Å². The predicted molar refractivity (Wildman–Crippen MR) is 92.5 cm³/mol.